The number of rotatable bonds is 3. The van der Waals surface area contributed by atoms with Crippen LogP contribution in [0.5, 0.6) is 0 Å². The number of nitro benzene ring substituents is 1. The van der Waals surface area contributed by atoms with E-state index in [1.54, 1.807) is 6.92 Å². The van der Waals surface area contributed by atoms with Crippen LogP contribution in [0, 0.1) is 17.0 Å². The number of nitrogens with zero attached hydrogens (tertiary/aromatic N) is 2. The van der Waals surface area contributed by atoms with Gasteiger partial charge in [0.1, 0.15) is 5.69 Å². The maximum atomic E-state index is 12.7. The van der Waals surface area contributed by atoms with Crippen LogP contribution in [0.2, 0.25) is 0 Å². The average molecular weight is 313 g/mol. The molecule has 0 bridgehead atoms. The SMILES string of the molecule is Cc1cc(N)c([N+](=O)[O-])cc1S(=O)(=O)N1CCCCCC1. The molecule has 8 heteroatoms. The highest BCUT2D eigenvalue weighted by atomic mass is 32.2. The summed E-state index contributed by atoms with van der Waals surface area (Å²) in [4.78, 5) is 10.3. The number of nitrogens with two attached hydrogens (primary N) is 1. The summed E-state index contributed by atoms with van der Waals surface area (Å²) in [6.45, 7) is 2.52. The lowest BCUT2D eigenvalue weighted by molar-refractivity contribution is -0.384. The van der Waals surface area contributed by atoms with Crippen molar-refractivity contribution < 1.29 is 13.3 Å². The number of sulfonamides is 1. The molecule has 1 heterocycles. The van der Waals surface area contributed by atoms with E-state index < -0.39 is 14.9 Å². The second kappa shape index (κ2) is 5.98. The molecule has 21 heavy (non-hydrogen) atoms. The van der Waals surface area contributed by atoms with Crippen molar-refractivity contribution >= 4 is 21.4 Å². The smallest absolute Gasteiger partial charge is 0.293 e. The molecule has 0 radical (unpaired) electrons. The topological polar surface area (TPSA) is 107 Å². The Labute approximate surface area is 123 Å². The summed E-state index contributed by atoms with van der Waals surface area (Å²) in [5.41, 5.74) is 5.63. The molecule has 0 amide bonds. The zero-order valence-electron chi connectivity index (χ0n) is 11.9. The van der Waals surface area contributed by atoms with Crippen molar-refractivity contribution in [2.24, 2.45) is 0 Å². The standard InChI is InChI=1S/C13H19N3O4S/c1-10-8-11(14)12(16(17)18)9-13(10)21(19,20)15-6-4-2-3-5-7-15/h8-9H,2-7,14H2,1H3. The van der Waals surface area contributed by atoms with Crippen molar-refractivity contribution in [2.45, 2.75) is 37.5 Å². The van der Waals surface area contributed by atoms with Crippen LogP contribution < -0.4 is 5.73 Å². The quantitative estimate of drug-likeness (QED) is 0.522. The highest BCUT2D eigenvalue weighted by Crippen LogP contribution is 2.30. The maximum absolute atomic E-state index is 12.7. The molecule has 0 unspecified atom stereocenters. The van der Waals surface area contributed by atoms with Gasteiger partial charge in [0.05, 0.1) is 9.82 Å². The number of aryl methyl sites for hydroxylation is 1. The van der Waals surface area contributed by atoms with E-state index in [1.165, 1.54) is 10.4 Å². The fourth-order valence-electron chi connectivity index (χ4n) is 2.56. The molecule has 0 atom stereocenters. The van der Waals surface area contributed by atoms with E-state index in [4.69, 9.17) is 5.73 Å². The molecule has 2 N–H and O–H groups in total. The molecule has 0 aliphatic carbocycles. The minimum Gasteiger partial charge on any atom is -0.393 e. The minimum atomic E-state index is -3.72. The van der Waals surface area contributed by atoms with Crippen molar-refractivity contribution in [3.63, 3.8) is 0 Å². The van der Waals surface area contributed by atoms with Crippen LogP contribution in [-0.2, 0) is 10.0 Å². The Bertz CT molecular complexity index is 650. The van der Waals surface area contributed by atoms with Gasteiger partial charge in [-0.3, -0.25) is 10.1 Å². The van der Waals surface area contributed by atoms with Gasteiger partial charge in [0, 0.05) is 19.2 Å². The Morgan fingerprint density at radius 1 is 1.19 bits per heavy atom. The van der Waals surface area contributed by atoms with E-state index in [0.717, 1.165) is 31.7 Å². The summed E-state index contributed by atoms with van der Waals surface area (Å²) < 4.78 is 26.8. The highest BCUT2D eigenvalue weighted by Gasteiger charge is 2.29. The first-order valence-electron chi connectivity index (χ1n) is 6.88. The Morgan fingerprint density at radius 2 is 1.76 bits per heavy atom. The molecule has 1 aliphatic heterocycles. The number of hydrogen-bond donors (Lipinski definition) is 1. The molecule has 1 aromatic carbocycles. The van der Waals surface area contributed by atoms with Crippen LogP contribution in [0.15, 0.2) is 17.0 Å². The first kappa shape index (κ1) is 15.7. The lowest BCUT2D eigenvalue weighted by atomic mass is 10.2. The minimum absolute atomic E-state index is 0.0210. The van der Waals surface area contributed by atoms with Gasteiger partial charge in [-0.05, 0) is 31.4 Å². The third kappa shape index (κ3) is 3.16. The molecule has 7 nitrogen and oxygen atoms in total. The van der Waals surface area contributed by atoms with E-state index in [-0.39, 0.29) is 16.3 Å². The summed E-state index contributed by atoms with van der Waals surface area (Å²) in [6.07, 6.45) is 3.64. The van der Waals surface area contributed by atoms with Gasteiger partial charge < -0.3 is 5.73 Å². The third-order valence-corrected chi connectivity index (χ3v) is 5.74. The van der Waals surface area contributed by atoms with Crippen LogP contribution in [0.1, 0.15) is 31.2 Å². The van der Waals surface area contributed by atoms with Gasteiger partial charge in [-0.2, -0.15) is 4.31 Å². The fraction of sp³-hybridized carbons (Fsp3) is 0.538. The number of anilines is 1. The summed E-state index contributed by atoms with van der Waals surface area (Å²) in [5, 5.41) is 11.0. The molecule has 1 aromatic rings. The Balaban J connectivity index is 2.48. The molecule has 2 rings (SSSR count). The molecule has 0 saturated carbocycles. The van der Waals surface area contributed by atoms with Gasteiger partial charge in [-0.15, -0.1) is 0 Å². The van der Waals surface area contributed by atoms with Crippen LogP contribution in [-0.4, -0.2) is 30.7 Å². The van der Waals surface area contributed by atoms with E-state index in [9.17, 15) is 18.5 Å². The molecule has 1 aliphatic rings. The van der Waals surface area contributed by atoms with Crippen LogP contribution in [0.4, 0.5) is 11.4 Å². The molecular weight excluding hydrogens is 294 g/mol. The molecule has 1 saturated heterocycles. The molecule has 0 aromatic heterocycles. The first-order chi connectivity index (χ1) is 9.84. The second-order valence-electron chi connectivity index (χ2n) is 5.25. The van der Waals surface area contributed by atoms with Crippen LogP contribution >= 0.6 is 0 Å². The van der Waals surface area contributed by atoms with Crippen molar-refractivity contribution in [3.8, 4) is 0 Å². The van der Waals surface area contributed by atoms with E-state index in [0.29, 0.717) is 18.7 Å². The molecule has 0 spiro atoms. The van der Waals surface area contributed by atoms with Gasteiger partial charge >= 0.3 is 0 Å². The lowest BCUT2D eigenvalue weighted by Gasteiger charge is -2.21. The van der Waals surface area contributed by atoms with Gasteiger partial charge in [0.2, 0.25) is 10.0 Å². The lowest BCUT2D eigenvalue weighted by Crippen LogP contribution is -2.32. The van der Waals surface area contributed by atoms with Crippen LogP contribution in [0.25, 0.3) is 0 Å². The summed E-state index contributed by atoms with van der Waals surface area (Å²) >= 11 is 0. The Morgan fingerprint density at radius 3 is 2.29 bits per heavy atom. The Hall–Kier alpha value is -1.67. The fourth-order valence-corrected chi connectivity index (χ4v) is 4.30. The number of hydrogen-bond acceptors (Lipinski definition) is 5. The van der Waals surface area contributed by atoms with Gasteiger partial charge in [-0.25, -0.2) is 8.42 Å². The summed E-state index contributed by atoms with van der Waals surface area (Å²) in [7, 11) is -3.72. The average Bonchev–Trinajstić information content (AvgIpc) is 2.67. The largest absolute Gasteiger partial charge is 0.393 e. The summed E-state index contributed by atoms with van der Waals surface area (Å²) in [5.74, 6) is 0. The van der Waals surface area contributed by atoms with E-state index in [1.807, 2.05) is 0 Å². The number of benzene rings is 1. The van der Waals surface area contributed by atoms with Crippen molar-refractivity contribution in [2.75, 3.05) is 18.8 Å². The van der Waals surface area contributed by atoms with Gasteiger partial charge in [0.15, 0.2) is 0 Å². The van der Waals surface area contributed by atoms with Crippen molar-refractivity contribution in [3.05, 3.63) is 27.8 Å². The van der Waals surface area contributed by atoms with Crippen LogP contribution in [0.3, 0.4) is 0 Å². The zero-order valence-corrected chi connectivity index (χ0v) is 12.7. The molecule has 1 fully saturated rings. The van der Waals surface area contributed by atoms with Crippen molar-refractivity contribution in [1.82, 2.24) is 4.31 Å². The molecular formula is C13H19N3O4S. The van der Waals surface area contributed by atoms with Gasteiger partial charge in [-0.1, -0.05) is 12.8 Å². The number of nitro groups is 1. The normalized spacial score (nSPS) is 17.4. The predicted molar refractivity (Wildman–Crippen MR) is 79.5 cm³/mol. The monoisotopic (exact) mass is 313 g/mol. The summed E-state index contributed by atoms with van der Waals surface area (Å²) in [6, 6.07) is 2.42. The number of nitrogen functional groups attached to an aromatic ring is 1. The predicted octanol–water partition coefficient (Wildman–Crippen LogP) is 2.05. The van der Waals surface area contributed by atoms with E-state index >= 15 is 0 Å². The highest BCUT2D eigenvalue weighted by molar-refractivity contribution is 7.89. The van der Waals surface area contributed by atoms with Crippen molar-refractivity contribution in [1.29, 1.82) is 0 Å². The Kier molecular flexibility index (Phi) is 4.48. The second-order valence-corrected chi connectivity index (χ2v) is 7.16. The maximum Gasteiger partial charge on any atom is 0.293 e. The first-order valence-corrected chi connectivity index (χ1v) is 8.32. The zero-order chi connectivity index (χ0) is 15.6. The molecule has 116 valence electrons. The van der Waals surface area contributed by atoms with Gasteiger partial charge in [0.25, 0.3) is 5.69 Å². The van der Waals surface area contributed by atoms with E-state index in [2.05, 4.69) is 0 Å². The third-order valence-electron chi connectivity index (χ3n) is 3.70.